The van der Waals surface area contributed by atoms with Crippen LogP contribution in [0.2, 0.25) is 0 Å². The van der Waals surface area contributed by atoms with Crippen molar-refractivity contribution in [1.29, 1.82) is 0 Å². The molecule has 0 fully saturated rings. The molecule has 1 aliphatic heterocycles. The molecular weight excluding hydrogens is 302 g/mol. The van der Waals surface area contributed by atoms with Gasteiger partial charge in [0.1, 0.15) is 12.0 Å². The maximum atomic E-state index is 10.9. The summed E-state index contributed by atoms with van der Waals surface area (Å²) < 4.78 is 11.8. The Kier molecular flexibility index (Phi) is 5.16. The molecule has 2 aromatic carbocycles. The fraction of sp³-hybridized carbons (Fsp3) is 0.250. The summed E-state index contributed by atoms with van der Waals surface area (Å²) in [6.45, 7) is 2.19. The van der Waals surface area contributed by atoms with Gasteiger partial charge in [0.25, 0.3) is 0 Å². The predicted molar refractivity (Wildman–Crippen MR) is 92.9 cm³/mol. The SMILES string of the molecule is CC(=O)NCCCc1cccc2c1OC(Cc1ccccc1)=CO2. The highest BCUT2D eigenvalue weighted by molar-refractivity contribution is 5.72. The third kappa shape index (κ3) is 4.16. The number of carbonyl (C=O) groups excluding carboxylic acids is 1. The highest BCUT2D eigenvalue weighted by Crippen LogP contribution is 2.37. The molecule has 124 valence electrons. The number of benzene rings is 2. The van der Waals surface area contributed by atoms with Crippen LogP contribution in [0.1, 0.15) is 24.5 Å². The number of nitrogens with one attached hydrogen (secondary N) is 1. The van der Waals surface area contributed by atoms with E-state index < -0.39 is 0 Å². The second-order valence-electron chi connectivity index (χ2n) is 5.80. The van der Waals surface area contributed by atoms with Gasteiger partial charge in [-0.25, -0.2) is 0 Å². The maximum absolute atomic E-state index is 10.9. The number of fused-ring (bicyclic) bond motifs is 1. The summed E-state index contributed by atoms with van der Waals surface area (Å²) in [7, 11) is 0. The van der Waals surface area contributed by atoms with E-state index in [0.29, 0.717) is 13.0 Å². The van der Waals surface area contributed by atoms with Crippen LogP contribution >= 0.6 is 0 Å². The highest BCUT2D eigenvalue weighted by atomic mass is 16.6. The van der Waals surface area contributed by atoms with Crippen molar-refractivity contribution >= 4 is 5.91 Å². The molecule has 0 aromatic heterocycles. The Balaban J connectivity index is 1.66. The molecule has 4 heteroatoms. The van der Waals surface area contributed by atoms with E-state index in [-0.39, 0.29) is 5.91 Å². The van der Waals surface area contributed by atoms with Gasteiger partial charge in [0.15, 0.2) is 11.5 Å². The smallest absolute Gasteiger partial charge is 0.216 e. The molecule has 0 unspecified atom stereocenters. The standard InChI is InChI=1S/C20H21NO3/c1-15(22)21-12-6-10-17-9-5-11-19-20(17)24-18(14-23-19)13-16-7-3-2-4-8-16/h2-5,7-9,11,14H,6,10,12-13H2,1H3,(H,21,22). The quantitative estimate of drug-likeness (QED) is 0.826. The van der Waals surface area contributed by atoms with Crippen LogP contribution in [0.15, 0.2) is 60.6 Å². The fourth-order valence-electron chi connectivity index (χ4n) is 2.67. The molecule has 0 radical (unpaired) electrons. The number of carbonyl (C=O) groups is 1. The Hall–Kier alpha value is -2.75. The zero-order valence-corrected chi connectivity index (χ0v) is 13.7. The van der Waals surface area contributed by atoms with Gasteiger partial charge in [0.2, 0.25) is 5.91 Å². The number of hydrogen-bond donors (Lipinski definition) is 1. The van der Waals surface area contributed by atoms with Crippen molar-refractivity contribution in [2.45, 2.75) is 26.2 Å². The van der Waals surface area contributed by atoms with Gasteiger partial charge in [-0.1, -0.05) is 42.5 Å². The van der Waals surface area contributed by atoms with Crippen molar-refractivity contribution < 1.29 is 14.3 Å². The second kappa shape index (κ2) is 7.68. The molecule has 0 saturated carbocycles. The average Bonchev–Trinajstić information content (AvgIpc) is 2.59. The first-order valence-electron chi connectivity index (χ1n) is 8.16. The van der Waals surface area contributed by atoms with Gasteiger partial charge in [-0.3, -0.25) is 4.79 Å². The van der Waals surface area contributed by atoms with Crippen LogP contribution in [-0.2, 0) is 17.6 Å². The monoisotopic (exact) mass is 323 g/mol. The predicted octanol–water partition coefficient (Wildman–Crippen LogP) is 3.61. The largest absolute Gasteiger partial charge is 0.458 e. The number of ether oxygens (including phenoxy) is 2. The van der Waals surface area contributed by atoms with Crippen molar-refractivity contribution in [3.8, 4) is 11.5 Å². The van der Waals surface area contributed by atoms with Crippen molar-refractivity contribution in [3.63, 3.8) is 0 Å². The molecule has 0 aliphatic carbocycles. The number of aryl methyl sites for hydroxylation is 1. The van der Waals surface area contributed by atoms with Gasteiger partial charge in [-0.2, -0.15) is 0 Å². The normalized spacial score (nSPS) is 12.5. The molecule has 1 N–H and O–H groups in total. The average molecular weight is 323 g/mol. The number of amides is 1. The number of para-hydroxylation sites is 1. The maximum Gasteiger partial charge on any atom is 0.216 e. The molecular formula is C20H21NO3. The zero-order valence-electron chi connectivity index (χ0n) is 13.7. The molecule has 1 amide bonds. The van der Waals surface area contributed by atoms with Crippen molar-refractivity contribution in [2.75, 3.05) is 6.54 Å². The molecule has 1 aliphatic rings. The lowest BCUT2D eigenvalue weighted by atomic mass is 10.1. The number of rotatable bonds is 6. The van der Waals surface area contributed by atoms with Crippen molar-refractivity contribution in [3.05, 3.63) is 71.7 Å². The Bertz CT molecular complexity index is 738. The van der Waals surface area contributed by atoms with Crippen LogP contribution in [0.3, 0.4) is 0 Å². The Morgan fingerprint density at radius 2 is 1.92 bits per heavy atom. The first-order valence-corrected chi connectivity index (χ1v) is 8.16. The molecule has 0 atom stereocenters. The zero-order chi connectivity index (χ0) is 16.8. The highest BCUT2D eigenvalue weighted by Gasteiger charge is 2.18. The van der Waals surface area contributed by atoms with Crippen molar-refractivity contribution in [2.24, 2.45) is 0 Å². The Labute approximate surface area is 142 Å². The van der Waals surface area contributed by atoms with Gasteiger partial charge in [0, 0.05) is 19.9 Å². The molecule has 0 bridgehead atoms. The van der Waals surface area contributed by atoms with E-state index in [0.717, 1.165) is 35.7 Å². The summed E-state index contributed by atoms with van der Waals surface area (Å²) in [5.74, 6) is 2.32. The first-order chi connectivity index (χ1) is 11.7. The Morgan fingerprint density at radius 3 is 2.71 bits per heavy atom. The van der Waals surface area contributed by atoms with E-state index in [2.05, 4.69) is 17.4 Å². The molecule has 3 rings (SSSR count). The van der Waals surface area contributed by atoms with E-state index >= 15 is 0 Å². The topological polar surface area (TPSA) is 47.6 Å². The van der Waals surface area contributed by atoms with Gasteiger partial charge >= 0.3 is 0 Å². The summed E-state index contributed by atoms with van der Waals surface area (Å²) >= 11 is 0. The van der Waals surface area contributed by atoms with E-state index in [1.54, 1.807) is 6.26 Å². The molecule has 24 heavy (non-hydrogen) atoms. The van der Waals surface area contributed by atoms with Gasteiger partial charge in [-0.15, -0.1) is 0 Å². The van der Waals surface area contributed by atoms with Crippen molar-refractivity contribution in [1.82, 2.24) is 5.32 Å². The van der Waals surface area contributed by atoms with Gasteiger partial charge < -0.3 is 14.8 Å². The third-order valence-corrected chi connectivity index (χ3v) is 3.83. The summed E-state index contributed by atoms with van der Waals surface area (Å²) in [6, 6.07) is 16.1. The first kappa shape index (κ1) is 16.1. The van der Waals surface area contributed by atoms with Gasteiger partial charge in [0.05, 0.1) is 0 Å². The lowest BCUT2D eigenvalue weighted by Gasteiger charge is -2.21. The third-order valence-electron chi connectivity index (χ3n) is 3.83. The summed E-state index contributed by atoms with van der Waals surface area (Å²) in [4.78, 5) is 10.9. The van der Waals surface area contributed by atoms with Crippen LogP contribution < -0.4 is 14.8 Å². The van der Waals surface area contributed by atoms with Crippen LogP contribution in [0.4, 0.5) is 0 Å². The lowest BCUT2D eigenvalue weighted by Crippen LogP contribution is -2.21. The lowest BCUT2D eigenvalue weighted by molar-refractivity contribution is -0.118. The van der Waals surface area contributed by atoms with E-state index in [1.165, 1.54) is 12.5 Å². The Morgan fingerprint density at radius 1 is 1.08 bits per heavy atom. The molecule has 2 aromatic rings. The molecule has 0 spiro atoms. The van der Waals surface area contributed by atoms with Gasteiger partial charge in [-0.05, 0) is 30.0 Å². The van der Waals surface area contributed by atoms with Crippen LogP contribution in [0, 0.1) is 0 Å². The minimum absolute atomic E-state index is 0.00208. The van der Waals surface area contributed by atoms with Crippen LogP contribution in [0.25, 0.3) is 0 Å². The minimum Gasteiger partial charge on any atom is -0.458 e. The minimum atomic E-state index is -0.00208. The van der Waals surface area contributed by atoms with E-state index in [9.17, 15) is 4.79 Å². The molecule has 4 nitrogen and oxygen atoms in total. The fourth-order valence-corrected chi connectivity index (χ4v) is 2.67. The van der Waals surface area contributed by atoms with E-state index in [1.807, 2.05) is 36.4 Å². The second-order valence-corrected chi connectivity index (χ2v) is 5.80. The van der Waals surface area contributed by atoms with Crippen LogP contribution in [0.5, 0.6) is 11.5 Å². The summed E-state index contributed by atoms with van der Waals surface area (Å²) in [5, 5.41) is 2.81. The number of allylic oxidation sites excluding steroid dienone is 1. The number of hydrogen-bond acceptors (Lipinski definition) is 3. The van der Waals surface area contributed by atoms with E-state index in [4.69, 9.17) is 9.47 Å². The summed E-state index contributed by atoms with van der Waals surface area (Å²) in [5.41, 5.74) is 2.27. The molecule has 1 heterocycles. The summed E-state index contributed by atoms with van der Waals surface area (Å²) in [6.07, 6.45) is 4.06. The van der Waals surface area contributed by atoms with Crippen LogP contribution in [-0.4, -0.2) is 12.5 Å². The molecule has 0 saturated heterocycles.